The van der Waals surface area contributed by atoms with Crippen molar-refractivity contribution in [3.8, 4) is 5.75 Å². The Bertz CT molecular complexity index is 478. The van der Waals surface area contributed by atoms with Gasteiger partial charge in [0.2, 0.25) is 0 Å². The van der Waals surface area contributed by atoms with E-state index in [9.17, 15) is 4.79 Å². The average molecular weight is 326 g/mol. The van der Waals surface area contributed by atoms with Crippen LogP contribution in [0.15, 0.2) is 24.3 Å². The maximum absolute atomic E-state index is 12.2. The number of benzene rings is 1. The van der Waals surface area contributed by atoms with E-state index in [1.54, 1.807) is 12.1 Å². The summed E-state index contributed by atoms with van der Waals surface area (Å²) in [6.07, 6.45) is 0.0907. The van der Waals surface area contributed by atoms with E-state index >= 15 is 0 Å². The number of amides is 1. The summed E-state index contributed by atoms with van der Waals surface area (Å²) in [5.41, 5.74) is 0. The highest BCUT2D eigenvalue weighted by Crippen LogP contribution is 2.24. The fraction of sp³-hybridized carbons (Fsp3) is 0.562. The van der Waals surface area contributed by atoms with Gasteiger partial charge >= 0.3 is 0 Å². The van der Waals surface area contributed by atoms with Crippen LogP contribution in [0.3, 0.4) is 0 Å². The number of carbonyl (C=O) groups is 1. The lowest BCUT2D eigenvalue weighted by Crippen LogP contribution is -2.47. The molecular weight excluding hydrogens is 302 g/mol. The Hall–Kier alpha value is -1.30. The standard InChI is InChI=1S/C16H24ClN3O2/c1-2-14(22-15-6-4-3-5-13(15)17)16(21)19-9-12-20-10-7-18-8-11-20/h3-6,14,18H,2,7-12H2,1H3,(H,19,21). The fourth-order valence-electron chi connectivity index (χ4n) is 2.40. The van der Waals surface area contributed by atoms with Gasteiger partial charge in [-0.2, -0.15) is 0 Å². The molecule has 22 heavy (non-hydrogen) atoms. The number of carbonyl (C=O) groups excluding carboxylic acids is 1. The van der Waals surface area contributed by atoms with Gasteiger partial charge in [-0.25, -0.2) is 0 Å². The smallest absolute Gasteiger partial charge is 0.261 e. The summed E-state index contributed by atoms with van der Waals surface area (Å²) in [5.74, 6) is 0.464. The topological polar surface area (TPSA) is 53.6 Å². The molecule has 1 saturated heterocycles. The number of nitrogens with zero attached hydrogens (tertiary/aromatic N) is 1. The van der Waals surface area contributed by atoms with Gasteiger partial charge in [-0.3, -0.25) is 9.69 Å². The second kappa shape index (κ2) is 8.98. The zero-order valence-electron chi connectivity index (χ0n) is 13.0. The minimum absolute atomic E-state index is 0.0856. The molecule has 2 rings (SSSR count). The average Bonchev–Trinajstić information content (AvgIpc) is 2.55. The third-order valence-corrected chi connectivity index (χ3v) is 4.02. The number of nitrogens with one attached hydrogen (secondary N) is 2. The number of para-hydroxylation sites is 1. The number of piperazine rings is 1. The van der Waals surface area contributed by atoms with Gasteiger partial charge in [0, 0.05) is 39.3 Å². The molecule has 0 aromatic heterocycles. The Morgan fingerprint density at radius 2 is 2.14 bits per heavy atom. The Balaban J connectivity index is 1.77. The van der Waals surface area contributed by atoms with Crippen molar-refractivity contribution in [1.29, 1.82) is 0 Å². The van der Waals surface area contributed by atoms with Crippen molar-refractivity contribution in [3.63, 3.8) is 0 Å². The van der Waals surface area contributed by atoms with E-state index in [-0.39, 0.29) is 5.91 Å². The lowest BCUT2D eigenvalue weighted by molar-refractivity contribution is -0.128. The molecule has 1 unspecified atom stereocenters. The predicted octanol–water partition coefficient (Wildman–Crippen LogP) is 1.52. The normalized spacial score (nSPS) is 17.0. The van der Waals surface area contributed by atoms with E-state index in [0.717, 1.165) is 32.7 Å². The summed E-state index contributed by atoms with van der Waals surface area (Å²) >= 11 is 6.07. The first-order chi connectivity index (χ1) is 10.7. The summed E-state index contributed by atoms with van der Waals surface area (Å²) in [4.78, 5) is 14.6. The highest BCUT2D eigenvalue weighted by atomic mass is 35.5. The van der Waals surface area contributed by atoms with Crippen molar-refractivity contribution in [3.05, 3.63) is 29.3 Å². The van der Waals surface area contributed by atoms with Crippen LogP contribution >= 0.6 is 11.6 Å². The summed E-state index contributed by atoms with van der Waals surface area (Å²) in [7, 11) is 0. The van der Waals surface area contributed by atoms with Crippen LogP contribution in [0, 0.1) is 0 Å². The van der Waals surface area contributed by atoms with Gasteiger partial charge < -0.3 is 15.4 Å². The van der Waals surface area contributed by atoms with Crippen LogP contribution in [0.4, 0.5) is 0 Å². The van der Waals surface area contributed by atoms with Gasteiger partial charge in [0.25, 0.3) is 5.91 Å². The second-order valence-corrected chi connectivity index (χ2v) is 5.74. The first-order valence-corrected chi connectivity index (χ1v) is 8.20. The summed E-state index contributed by atoms with van der Waals surface area (Å²) < 4.78 is 5.73. The maximum Gasteiger partial charge on any atom is 0.261 e. The molecule has 0 bridgehead atoms. The Morgan fingerprint density at radius 1 is 1.41 bits per heavy atom. The summed E-state index contributed by atoms with van der Waals surface area (Å²) in [6.45, 7) is 7.53. The summed E-state index contributed by atoms with van der Waals surface area (Å²) in [6, 6.07) is 7.21. The van der Waals surface area contributed by atoms with E-state index in [1.807, 2.05) is 19.1 Å². The maximum atomic E-state index is 12.2. The van der Waals surface area contributed by atoms with Gasteiger partial charge in [-0.1, -0.05) is 30.7 Å². The van der Waals surface area contributed by atoms with Crippen molar-refractivity contribution in [1.82, 2.24) is 15.5 Å². The van der Waals surface area contributed by atoms with Crippen LogP contribution in [0.5, 0.6) is 5.75 Å². The Labute approximate surface area is 137 Å². The van der Waals surface area contributed by atoms with Crippen molar-refractivity contribution >= 4 is 17.5 Å². The molecule has 6 heteroatoms. The molecule has 0 aliphatic carbocycles. The zero-order chi connectivity index (χ0) is 15.8. The van der Waals surface area contributed by atoms with Gasteiger partial charge in [0.1, 0.15) is 5.75 Å². The second-order valence-electron chi connectivity index (χ2n) is 5.33. The molecule has 1 atom stereocenters. The highest BCUT2D eigenvalue weighted by Gasteiger charge is 2.19. The van der Waals surface area contributed by atoms with Gasteiger partial charge in [0.15, 0.2) is 6.10 Å². The van der Waals surface area contributed by atoms with Gasteiger partial charge in [-0.15, -0.1) is 0 Å². The predicted molar refractivity (Wildman–Crippen MR) is 88.5 cm³/mol. The van der Waals surface area contributed by atoms with Crippen LogP contribution in [0.2, 0.25) is 5.02 Å². The molecule has 1 aromatic carbocycles. The first-order valence-electron chi connectivity index (χ1n) is 7.82. The molecular formula is C16H24ClN3O2. The SMILES string of the molecule is CCC(Oc1ccccc1Cl)C(=O)NCCN1CCNCC1. The first kappa shape index (κ1) is 17.1. The van der Waals surface area contributed by atoms with E-state index in [1.165, 1.54) is 0 Å². The fourth-order valence-corrected chi connectivity index (χ4v) is 2.58. The molecule has 1 aliphatic rings. The molecule has 5 nitrogen and oxygen atoms in total. The quantitative estimate of drug-likeness (QED) is 0.798. The number of rotatable bonds is 7. The summed E-state index contributed by atoms with van der Waals surface area (Å²) in [5, 5.41) is 6.79. The number of ether oxygens (including phenoxy) is 1. The molecule has 2 N–H and O–H groups in total. The number of halogens is 1. The monoisotopic (exact) mass is 325 g/mol. The lowest BCUT2D eigenvalue weighted by Gasteiger charge is -2.27. The number of hydrogen-bond acceptors (Lipinski definition) is 4. The Morgan fingerprint density at radius 3 is 2.82 bits per heavy atom. The molecule has 1 amide bonds. The molecule has 0 saturated carbocycles. The molecule has 1 heterocycles. The number of hydrogen-bond donors (Lipinski definition) is 2. The van der Waals surface area contributed by atoms with Gasteiger partial charge in [0.05, 0.1) is 5.02 Å². The van der Waals surface area contributed by atoms with Crippen molar-refractivity contribution < 1.29 is 9.53 Å². The third kappa shape index (κ3) is 5.16. The van der Waals surface area contributed by atoms with Crippen LogP contribution in [0.25, 0.3) is 0 Å². The van der Waals surface area contributed by atoms with Crippen molar-refractivity contribution in [2.75, 3.05) is 39.3 Å². The van der Waals surface area contributed by atoms with Crippen LogP contribution in [-0.2, 0) is 4.79 Å². The zero-order valence-corrected chi connectivity index (χ0v) is 13.7. The minimum Gasteiger partial charge on any atom is -0.479 e. The Kier molecular flexibility index (Phi) is 6.96. The van der Waals surface area contributed by atoms with Crippen LogP contribution < -0.4 is 15.4 Å². The highest BCUT2D eigenvalue weighted by molar-refractivity contribution is 6.32. The van der Waals surface area contributed by atoms with E-state index in [4.69, 9.17) is 16.3 Å². The molecule has 1 aromatic rings. The van der Waals surface area contributed by atoms with E-state index < -0.39 is 6.10 Å². The molecule has 0 radical (unpaired) electrons. The largest absolute Gasteiger partial charge is 0.479 e. The van der Waals surface area contributed by atoms with E-state index in [0.29, 0.717) is 23.7 Å². The van der Waals surface area contributed by atoms with Crippen LogP contribution in [-0.4, -0.2) is 56.2 Å². The van der Waals surface area contributed by atoms with Crippen molar-refractivity contribution in [2.45, 2.75) is 19.4 Å². The lowest BCUT2D eigenvalue weighted by atomic mass is 10.2. The third-order valence-electron chi connectivity index (χ3n) is 3.71. The van der Waals surface area contributed by atoms with Crippen LogP contribution in [0.1, 0.15) is 13.3 Å². The molecule has 122 valence electrons. The molecule has 0 spiro atoms. The molecule has 1 fully saturated rings. The molecule has 1 aliphatic heterocycles. The van der Waals surface area contributed by atoms with Gasteiger partial charge in [-0.05, 0) is 18.6 Å². The minimum atomic E-state index is -0.511. The van der Waals surface area contributed by atoms with Crippen molar-refractivity contribution in [2.24, 2.45) is 0 Å². The van der Waals surface area contributed by atoms with E-state index in [2.05, 4.69) is 15.5 Å².